The highest BCUT2D eigenvalue weighted by molar-refractivity contribution is 6.64. The second-order valence-corrected chi connectivity index (χ2v) is 7.22. The molecule has 5 nitrogen and oxygen atoms in total. The van der Waals surface area contributed by atoms with E-state index in [0.717, 1.165) is 0 Å². The molecule has 1 atom stereocenters. The minimum atomic E-state index is -0.508. The molecule has 0 radical (unpaired) electrons. The van der Waals surface area contributed by atoms with E-state index < -0.39 is 11.2 Å². The Hall–Kier alpha value is -2.08. The zero-order chi connectivity index (χ0) is 18.4. The molecule has 0 spiro atoms. The molecule has 26 heavy (non-hydrogen) atoms. The Morgan fingerprint density at radius 1 is 1.19 bits per heavy atom. The highest BCUT2D eigenvalue weighted by Gasteiger charge is 2.34. The average Bonchev–Trinajstić information content (AvgIpc) is 3.18. The summed E-state index contributed by atoms with van der Waals surface area (Å²) in [6.45, 7) is 0.241. The van der Waals surface area contributed by atoms with Gasteiger partial charge in [0.2, 0.25) is 17.0 Å². The van der Waals surface area contributed by atoms with Crippen LogP contribution in [0.3, 0.4) is 0 Å². The first-order valence-corrected chi connectivity index (χ1v) is 8.91. The molecule has 1 amide bonds. The number of amides is 1. The van der Waals surface area contributed by atoms with Crippen LogP contribution in [0.1, 0.15) is 6.42 Å². The van der Waals surface area contributed by atoms with Crippen LogP contribution in [-0.4, -0.2) is 22.7 Å². The van der Waals surface area contributed by atoms with E-state index >= 15 is 0 Å². The minimum Gasteiger partial charge on any atom is -0.436 e. The molecule has 2 heterocycles. The Morgan fingerprint density at radius 2 is 2.00 bits per heavy atom. The van der Waals surface area contributed by atoms with Gasteiger partial charge in [-0.25, -0.2) is 4.98 Å². The molecule has 1 aliphatic heterocycles. The van der Waals surface area contributed by atoms with Crippen molar-refractivity contribution in [3.63, 3.8) is 0 Å². The van der Waals surface area contributed by atoms with Crippen molar-refractivity contribution in [2.45, 2.75) is 6.42 Å². The van der Waals surface area contributed by atoms with Crippen LogP contribution < -0.4 is 4.90 Å². The smallest absolute Gasteiger partial charge is 0.228 e. The van der Waals surface area contributed by atoms with Gasteiger partial charge in [0.15, 0.2) is 5.58 Å². The van der Waals surface area contributed by atoms with Gasteiger partial charge in [-0.2, -0.15) is 0 Å². The molecule has 1 aliphatic rings. The number of benzene rings is 2. The highest BCUT2D eigenvalue weighted by Crippen LogP contribution is 2.35. The summed E-state index contributed by atoms with van der Waals surface area (Å²) in [5, 5.41) is 0.477. The lowest BCUT2D eigenvalue weighted by atomic mass is 10.1. The van der Waals surface area contributed by atoms with Gasteiger partial charge in [0, 0.05) is 23.7 Å². The summed E-state index contributed by atoms with van der Waals surface area (Å²) in [6, 6.07) is 10.2. The topological polar surface area (TPSA) is 63.4 Å². The third-order valence-corrected chi connectivity index (χ3v) is 5.16. The molecule has 1 unspecified atom stereocenters. The molecule has 0 bridgehead atoms. The van der Waals surface area contributed by atoms with Crippen molar-refractivity contribution in [2.24, 2.45) is 5.92 Å². The number of anilines is 1. The van der Waals surface area contributed by atoms with E-state index in [2.05, 4.69) is 4.98 Å². The van der Waals surface area contributed by atoms with Crippen molar-refractivity contribution in [1.82, 2.24) is 4.98 Å². The van der Waals surface area contributed by atoms with E-state index in [9.17, 15) is 9.59 Å². The van der Waals surface area contributed by atoms with Crippen molar-refractivity contribution >= 4 is 62.7 Å². The summed E-state index contributed by atoms with van der Waals surface area (Å²) in [5.41, 5.74) is 2.34. The van der Waals surface area contributed by atoms with Gasteiger partial charge in [0.25, 0.3) is 0 Å². The monoisotopic (exact) mass is 408 g/mol. The summed E-state index contributed by atoms with van der Waals surface area (Å²) in [6.07, 6.45) is 0.0989. The van der Waals surface area contributed by atoms with Crippen molar-refractivity contribution < 1.29 is 14.0 Å². The predicted octanol–water partition coefficient (Wildman–Crippen LogP) is 4.92. The number of carbonyl (C=O) groups excluding carboxylic acids is 2. The number of hydrogen-bond acceptors (Lipinski definition) is 4. The Balaban J connectivity index is 1.74. The van der Waals surface area contributed by atoms with Gasteiger partial charge in [-0.05, 0) is 48.0 Å². The van der Waals surface area contributed by atoms with Crippen LogP contribution in [0.15, 0.2) is 40.8 Å². The molecule has 132 valence electrons. The van der Waals surface area contributed by atoms with Crippen LogP contribution in [0.2, 0.25) is 10.0 Å². The molecule has 2 aromatic carbocycles. The van der Waals surface area contributed by atoms with E-state index in [-0.39, 0.29) is 18.9 Å². The van der Waals surface area contributed by atoms with Crippen LogP contribution in [0.4, 0.5) is 5.69 Å². The molecule has 0 N–H and O–H groups in total. The largest absolute Gasteiger partial charge is 0.436 e. The molecule has 1 fully saturated rings. The average molecular weight is 410 g/mol. The first-order valence-electron chi connectivity index (χ1n) is 7.78. The molecular formula is C18H11Cl3N2O3. The predicted molar refractivity (Wildman–Crippen MR) is 101 cm³/mol. The number of carbonyl (C=O) groups is 2. The maximum Gasteiger partial charge on any atom is 0.228 e. The molecule has 1 saturated heterocycles. The number of fused-ring (bicyclic) bond motifs is 1. The number of hydrogen-bond donors (Lipinski definition) is 0. The second-order valence-electron chi connectivity index (χ2n) is 6.00. The van der Waals surface area contributed by atoms with Crippen molar-refractivity contribution in [3.8, 4) is 11.5 Å². The number of oxazole rings is 1. The van der Waals surface area contributed by atoms with Gasteiger partial charge in [-0.1, -0.05) is 23.2 Å². The lowest BCUT2D eigenvalue weighted by Crippen LogP contribution is -2.25. The molecule has 4 rings (SSSR count). The van der Waals surface area contributed by atoms with Gasteiger partial charge in [0.1, 0.15) is 5.52 Å². The second kappa shape index (κ2) is 6.58. The van der Waals surface area contributed by atoms with Crippen LogP contribution >= 0.6 is 34.8 Å². The van der Waals surface area contributed by atoms with Crippen LogP contribution in [0.25, 0.3) is 22.6 Å². The maximum atomic E-state index is 12.2. The quantitative estimate of drug-likeness (QED) is 0.576. The summed E-state index contributed by atoms with van der Waals surface area (Å²) in [5.74, 6) is -0.345. The van der Waals surface area contributed by atoms with Crippen molar-refractivity contribution in [1.29, 1.82) is 0 Å². The van der Waals surface area contributed by atoms with Gasteiger partial charge in [0.05, 0.1) is 16.5 Å². The molecule has 1 aromatic heterocycles. The van der Waals surface area contributed by atoms with Gasteiger partial charge in [-0.15, -0.1) is 0 Å². The fourth-order valence-electron chi connectivity index (χ4n) is 2.97. The summed E-state index contributed by atoms with van der Waals surface area (Å²) < 4.78 is 5.76. The lowest BCUT2D eigenvalue weighted by molar-refractivity contribution is -0.120. The number of aromatic nitrogens is 1. The molecule has 3 aromatic rings. The Bertz CT molecular complexity index is 1050. The fraction of sp³-hybridized carbons (Fsp3) is 0.167. The number of rotatable bonds is 3. The Labute approximate surface area is 163 Å². The zero-order valence-electron chi connectivity index (χ0n) is 13.2. The number of halogens is 3. The first kappa shape index (κ1) is 17.3. The zero-order valence-corrected chi connectivity index (χ0v) is 15.5. The summed E-state index contributed by atoms with van der Waals surface area (Å²) >= 11 is 17.8. The third kappa shape index (κ3) is 3.07. The van der Waals surface area contributed by atoms with Crippen molar-refractivity contribution in [3.05, 3.63) is 46.4 Å². The number of nitrogens with zero attached hydrogens (tertiary/aromatic N) is 2. The van der Waals surface area contributed by atoms with E-state index in [4.69, 9.17) is 39.2 Å². The Kier molecular flexibility index (Phi) is 4.39. The standard InChI is InChI=1S/C18H11Cl3N2O3/c19-10-1-4-15-14(6-10)22-18(26-15)12-7-11(2-3-13(12)20)23-8-9(17(21)25)5-16(23)24/h1-4,6-7,9H,5,8H2. The fourth-order valence-corrected chi connectivity index (χ4v) is 3.48. The van der Waals surface area contributed by atoms with E-state index in [1.54, 1.807) is 36.4 Å². The Morgan fingerprint density at radius 3 is 2.73 bits per heavy atom. The SMILES string of the molecule is O=C(Cl)C1CC(=O)N(c2ccc(Cl)c(-c3nc4cc(Cl)ccc4o3)c2)C1. The van der Waals surface area contributed by atoms with E-state index in [0.29, 0.717) is 38.3 Å². The third-order valence-electron chi connectivity index (χ3n) is 4.29. The van der Waals surface area contributed by atoms with Crippen LogP contribution in [0, 0.1) is 5.92 Å². The van der Waals surface area contributed by atoms with Crippen molar-refractivity contribution in [2.75, 3.05) is 11.4 Å². The molecule has 8 heteroatoms. The van der Waals surface area contributed by atoms with Crippen LogP contribution in [0.5, 0.6) is 0 Å². The molecular weight excluding hydrogens is 399 g/mol. The summed E-state index contributed by atoms with van der Waals surface area (Å²) in [7, 11) is 0. The normalized spacial score (nSPS) is 17.3. The van der Waals surface area contributed by atoms with Gasteiger partial charge < -0.3 is 9.32 Å². The highest BCUT2D eigenvalue weighted by atomic mass is 35.5. The minimum absolute atomic E-state index is 0.0989. The lowest BCUT2D eigenvalue weighted by Gasteiger charge is -2.17. The first-order chi connectivity index (χ1) is 12.4. The van der Waals surface area contributed by atoms with Gasteiger partial charge in [-0.3, -0.25) is 9.59 Å². The van der Waals surface area contributed by atoms with E-state index in [1.807, 2.05) is 0 Å². The molecule has 0 saturated carbocycles. The van der Waals surface area contributed by atoms with Crippen LogP contribution in [-0.2, 0) is 9.59 Å². The maximum absolute atomic E-state index is 12.2. The molecule has 0 aliphatic carbocycles. The van der Waals surface area contributed by atoms with E-state index in [1.165, 1.54) is 4.90 Å². The van der Waals surface area contributed by atoms with Gasteiger partial charge >= 0.3 is 0 Å². The summed E-state index contributed by atoms with van der Waals surface area (Å²) in [4.78, 5) is 29.5.